The molecule has 2 aliphatic rings. The Labute approximate surface area is 173 Å². The first-order valence-corrected chi connectivity index (χ1v) is 11.8. The lowest BCUT2D eigenvalue weighted by Gasteiger charge is -2.28. The Morgan fingerprint density at radius 3 is 2.28 bits per heavy atom. The van der Waals surface area contributed by atoms with E-state index in [0.717, 1.165) is 17.9 Å². The summed E-state index contributed by atoms with van der Waals surface area (Å²) in [5.41, 5.74) is 2.22. The maximum Gasteiger partial charge on any atom is 0.255 e. The van der Waals surface area contributed by atoms with Crippen molar-refractivity contribution in [1.29, 1.82) is 0 Å². The van der Waals surface area contributed by atoms with Gasteiger partial charge in [-0.1, -0.05) is 24.1 Å². The van der Waals surface area contributed by atoms with E-state index in [1.165, 1.54) is 19.3 Å². The molecule has 2 saturated carbocycles. The van der Waals surface area contributed by atoms with E-state index in [0.29, 0.717) is 23.1 Å². The number of carbonyl (C=O) groups is 1. The second kappa shape index (κ2) is 7.92. The van der Waals surface area contributed by atoms with Crippen molar-refractivity contribution in [3.05, 3.63) is 59.7 Å². The quantitative estimate of drug-likeness (QED) is 0.741. The van der Waals surface area contributed by atoms with Crippen LogP contribution in [0, 0.1) is 24.7 Å². The lowest BCUT2D eigenvalue weighted by Crippen LogP contribution is -2.40. The van der Waals surface area contributed by atoms with Gasteiger partial charge in [0.1, 0.15) is 0 Å². The van der Waals surface area contributed by atoms with Crippen molar-refractivity contribution in [3.8, 4) is 0 Å². The van der Waals surface area contributed by atoms with E-state index in [1.807, 2.05) is 26.0 Å². The Morgan fingerprint density at radius 1 is 1.00 bits per heavy atom. The summed E-state index contributed by atoms with van der Waals surface area (Å²) in [6.45, 7) is 3.95. The zero-order valence-corrected chi connectivity index (χ0v) is 17.7. The molecule has 5 nitrogen and oxygen atoms in total. The Hall–Kier alpha value is -2.18. The summed E-state index contributed by atoms with van der Waals surface area (Å²) in [5, 5.41) is 2.81. The van der Waals surface area contributed by atoms with E-state index < -0.39 is 10.0 Å². The third kappa shape index (κ3) is 4.38. The van der Waals surface area contributed by atoms with E-state index in [2.05, 4.69) is 10.0 Å². The van der Waals surface area contributed by atoms with Crippen molar-refractivity contribution >= 4 is 21.6 Å². The fraction of sp³-hybridized carbons (Fsp3) is 0.435. The highest BCUT2D eigenvalue weighted by Gasteiger charge is 2.42. The molecule has 0 unspecified atom stereocenters. The van der Waals surface area contributed by atoms with Gasteiger partial charge in [-0.05, 0) is 87.3 Å². The molecule has 0 spiro atoms. The second-order valence-corrected chi connectivity index (χ2v) is 10.3. The van der Waals surface area contributed by atoms with Crippen LogP contribution in [-0.4, -0.2) is 20.4 Å². The molecule has 6 heteroatoms. The molecule has 2 bridgehead atoms. The van der Waals surface area contributed by atoms with Crippen LogP contribution in [0.1, 0.15) is 48.5 Å². The Morgan fingerprint density at radius 2 is 1.69 bits per heavy atom. The number of benzene rings is 2. The van der Waals surface area contributed by atoms with Crippen LogP contribution in [0.2, 0.25) is 0 Å². The second-order valence-electron chi connectivity index (χ2n) is 8.59. The number of fused-ring (bicyclic) bond motifs is 2. The number of nitrogens with one attached hydrogen (secondary N) is 2. The smallest absolute Gasteiger partial charge is 0.255 e. The van der Waals surface area contributed by atoms with E-state index >= 15 is 0 Å². The molecule has 2 aliphatic carbocycles. The van der Waals surface area contributed by atoms with E-state index in [9.17, 15) is 13.2 Å². The van der Waals surface area contributed by atoms with Gasteiger partial charge in [0.25, 0.3) is 5.91 Å². The minimum atomic E-state index is -3.58. The van der Waals surface area contributed by atoms with Crippen LogP contribution in [-0.2, 0) is 10.0 Å². The average Bonchev–Trinajstić information content (AvgIpc) is 3.32. The van der Waals surface area contributed by atoms with Gasteiger partial charge in [-0.2, -0.15) is 0 Å². The van der Waals surface area contributed by atoms with Gasteiger partial charge in [0.2, 0.25) is 10.0 Å². The summed E-state index contributed by atoms with van der Waals surface area (Å²) in [6, 6.07) is 13.6. The van der Waals surface area contributed by atoms with Gasteiger partial charge in [0.15, 0.2) is 0 Å². The number of hydrogen-bond donors (Lipinski definition) is 2. The largest absolute Gasteiger partial charge is 0.322 e. The minimum absolute atomic E-state index is 0.0591. The van der Waals surface area contributed by atoms with Crippen molar-refractivity contribution in [2.45, 2.75) is 50.5 Å². The molecule has 1 amide bonds. The van der Waals surface area contributed by atoms with Crippen LogP contribution in [0.4, 0.5) is 5.69 Å². The fourth-order valence-electron chi connectivity index (χ4n) is 4.93. The normalized spacial score (nSPS) is 24.4. The van der Waals surface area contributed by atoms with Crippen molar-refractivity contribution in [2.75, 3.05) is 5.32 Å². The number of amides is 1. The number of rotatable bonds is 6. The molecule has 2 aromatic rings. The van der Waals surface area contributed by atoms with Crippen molar-refractivity contribution in [1.82, 2.24) is 4.72 Å². The van der Waals surface area contributed by atoms with Crippen LogP contribution in [0.15, 0.2) is 53.4 Å². The number of aryl methyl sites for hydroxylation is 1. The maximum atomic E-state index is 12.8. The molecule has 0 saturated heterocycles. The molecule has 0 heterocycles. The zero-order chi connectivity index (χ0) is 20.6. The summed E-state index contributed by atoms with van der Waals surface area (Å²) >= 11 is 0. The van der Waals surface area contributed by atoms with Gasteiger partial charge >= 0.3 is 0 Å². The standard InChI is InChI=1S/C23H28N2O3S/c1-15-3-6-18(7-4-15)23(26)24-20-9-11-21(12-10-20)29(27,28)25-16(2)22-14-17-5-8-19(22)13-17/h3-4,6-7,9-12,16-17,19,22,25H,5,8,13-14H2,1-2H3,(H,24,26)/t16-,17-,19-,22-/m0/s1. The lowest BCUT2D eigenvalue weighted by atomic mass is 9.84. The third-order valence-corrected chi connectivity index (χ3v) is 8.09. The van der Waals surface area contributed by atoms with Crippen molar-refractivity contribution in [2.24, 2.45) is 17.8 Å². The molecule has 2 fully saturated rings. The van der Waals surface area contributed by atoms with Gasteiger partial charge in [-0.15, -0.1) is 0 Å². The lowest BCUT2D eigenvalue weighted by molar-refractivity contribution is 0.102. The number of sulfonamides is 1. The topological polar surface area (TPSA) is 75.3 Å². The molecule has 154 valence electrons. The van der Waals surface area contributed by atoms with Gasteiger partial charge in [0, 0.05) is 17.3 Å². The highest BCUT2D eigenvalue weighted by atomic mass is 32.2. The van der Waals surface area contributed by atoms with E-state index in [-0.39, 0.29) is 16.8 Å². The highest BCUT2D eigenvalue weighted by Crippen LogP contribution is 2.49. The SMILES string of the molecule is Cc1ccc(C(=O)Nc2ccc(S(=O)(=O)N[C@@H](C)[C@@H]3C[C@H]4CC[C@H]3C4)cc2)cc1. The molecule has 4 rings (SSSR count). The predicted molar refractivity (Wildman–Crippen MR) is 114 cm³/mol. The molecule has 29 heavy (non-hydrogen) atoms. The number of carbonyl (C=O) groups excluding carboxylic acids is 1. The monoisotopic (exact) mass is 412 g/mol. The van der Waals surface area contributed by atoms with Crippen molar-refractivity contribution < 1.29 is 13.2 Å². The predicted octanol–water partition coefficient (Wildman–Crippen LogP) is 4.35. The summed E-state index contributed by atoms with van der Waals surface area (Å²) < 4.78 is 28.5. The summed E-state index contributed by atoms with van der Waals surface area (Å²) in [6.07, 6.45) is 4.93. The van der Waals surface area contributed by atoms with Crippen LogP contribution in [0.25, 0.3) is 0 Å². The van der Waals surface area contributed by atoms with E-state index in [1.54, 1.807) is 36.4 Å². The molecule has 0 radical (unpaired) electrons. The Kier molecular flexibility index (Phi) is 5.49. The molecule has 0 aromatic heterocycles. The first-order valence-electron chi connectivity index (χ1n) is 10.3. The first-order chi connectivity index (χ1) is 13.8. The molecule has 2 N–H and O–H groups in total. The van der Waals surface area contributed by atoms with Gasteiger partial charge < -0.3 is 5.32 Å². The van der Waals surface area contributed by atoms with Crippen LogP contribution >= 0.6 is 0 Å². The molecule has 2 aromatic carbocycles. The molecule has 0 aliphatic heterocycles. The molecular weight excluding hydrogens is 384 g/mol. The maximum absolute atomic E-state index is 12.8. The van der Waals surface area contributed by atoms with Crippen molar-refractivity contribution in [3.63, 3.8) is 0 Å². The Balaban J connectivity index is 1.40. The number of hydrogen-bond acceptors (Lipinski definition) is 3. The summed E-state index contributed by atoms with van der Waals surface area (Å²) in [7, 11) is -3.58. The zero-order valence-electron chi connectivity index (χ0n) is 16.9. The van der Waals surface area contributed by atoms with Crippen LogP contribution < -0.4 is 10.0 Å². The number of anilines is 1. The fourth-order valence-corrected chi connectivity index (χ4v) is 6.23. The van der Waals surface area contributed by atoms with Gasteiger partial charge in [-0.25, -0.2) is 13.1 Å². The first kappa shape index (κ1) is 20.1. The Bertz CT molecular complexity index is 984. The summed E-state index contributed by atoms with van der Waals surface area (Å²) in [5.74, 6) is 1.67. The molecule has 4 atom stereocenters. The van der Waals surface area contributed by atoms with Gasteiger partial charge in [-0.3, -0.25) is 4.79 Å². The third-order valence-electron chi connectivity index (χ3n) is 6.51. The van der Waals surface area contributed by atoms with E-state index in [4.69, 9.17) is 0 Å². The van der Waals surface area contributed by atoms with Crippen LogP contribution in [0.5, 0.6) is 0 Å². The summed E-state index contributed by atoms with van der Waals surface area (Å²) in [4.78, 5) is 12.5. The average molecular weight is 413 g/mol. The van der Waals surface area contributed by atoms with Crippen LogP contribution in [0.3, 0.4) is 0 Å². The highest BCUT2D eigenvalue weighted by molar-refractivity contribution is 7.89. The molecular formula is C23H28N2O3S. The minimum Gasteiger partial charge on any atom is -0.322 e. The van der Waals surface area contributed by atoms with Gasteiger partial charge in [0.05, 0.1) is 4.90 Å².